The largest absolute Gasteiger partial charge is 0.469 e. The van der Waals surface area contributed by atoms with Crippen molar-refractivity contribution < 1.29 is 14.3 Å². The zero-order valence-corrected chi connectivity index (χ0v) is 8.54. The van der Waals surface area contributed by atoms with Crippen LogP contribution in [0.1, 0.15) is 38.5 Å². The van der Waals surface area contributed by atoms with Crippen LogP contribution in [-0.4, -0.2) is 18.9 Å². The van der Waals surface area contributed by atoms with Crippen LogP contribution in [0.15, 0.2) is 11.6 Å². The summed E-state index contributed by atoms with van der Waals surface area (Å²) in [6.45, 7) is 0. The van der Waals surface area contributed by atoms with E-state index in [0.29, 0.717) is 6.42 Å². The molecule has 3 nitrogen and oxygen atoms in total. The van der Waals surface area contributed by atoms with Gasteiger partial charge in [0.1, 0.15) is 0 Å². The molecule has 0 saturated carbocycles. The standard InChI is InChI=1S/C11H16O3/c1-14-11(13)8-7-10(12)9-5-3-2-4-6-9/h5H,2-4,6-8H2,1H3. The second-order valence-electron chi connectivity index (χ2n) is 3.47. The molecule has 14 heavy (non-hydrogen) atoms. The molecule has 0 heterocycles. The Bertz CT molecular complexity index is 253. The van der Waals surface area contributed by atoms with Crippen molar-refractivity contribution in [3.05, 3.63) is 11.6 Å². The summed E-state index contributed by atoms with van der Waals surface area (Å²) in [6.07, 6.45) is 6.64. The van der Waals surface area contributed by atoms with Gasteiger partial charge in [-0.15, -0.1) is 0 Å². The highest BCUT2D eigenvalue weighted by molar-refractivity contribution is 5.96. The lowest BCUT2D eigenvalue weighted by Crippen LogP contribution is -2.09. The molecule has 0 saturated heterocycles. The maximum atomic E-state index is 11.5. The molecular formula is C11H16O3. The third-order valence-corrected chi connectivity index (χ3v) is 2.43. The van der Waals surface area contributed by atoms with E-state index in [1.165, 1.54) is 13.5 Å². The molecule has 0 amide bonds. The van der Waals surface area contributed by atoms with E-state index in [1.54, 1.807) is 0 Å². The molecule has 0 fully saturated rings. The summed E-state index contributed by atoms with van der Waals surface area (Å²) in [7, 11) is 1.34. The average molecular weight is 196 g/mol. The molecule has 0 bridgehead atoms. The molecule has 0 aromatic carbocycles. The number of allylic oxidation sites excluding steroid dienone is 2. The van der Waals surface area contributed by atoms with Crippen LogP contribution in [0.25, 0.3) is 0 Å². The normalized spacial score (nSPS) is 15.9. The van der Waals surface area contributed by atoms with Gasteiger partial charge in [-0.25, -0.2) is 0 Å². The van der Waals surface area contributed by atoms with Gasteiger partial charge in [0.2, 0.25) is 0 Å². The number of esters is 1. The van der Waals surface area contributed by atoms with Gasteiger partial charge in [0, 0.05) is 6.42 Å². The first-order valence-corrected chi connectivity index (χ1v) is 5.03. The van der Waals surface area contributed by atoms with Gasteiger partial charge in [-0.3, -0.25) is 9.59 Å². The molecule has 0 atom stereocenters. The number of Topliss-reactive ketones (excluding diaryl/α,β-unsaturated/α-hetero) is 1. The van der Waals surface area contributed by atoms with Gasteiger partial charge >= 0.3 is 5.97 Å². The second kappa shape index (κ2) is 5.58. The third kappa shape index (κ3) is 3.32. The molecule has 0 unspecified atom stereocenters. The third-order valence-electron chi connectivity index (χ3n) is 2.43. The summed E-state index contributed by atoms with van der Waals surface area (Å²) in [6, 6.07) is 0. The summed E-state index contributed by atoms with van der Waals surface area (Å²) in [5.74, 6) is -0.204. The predicted molar refractivity (Wildman–Crippen MR) is 52.8 cm³/mol. The Morgan fingerprint density at radius 3 is 2.71 bits per heavy atom. The minimum absolute atomic E-state index is 0.107. The van der Waals surface area contributed by atoms with Gasteiger partial charge in [-0.2, -0.15) is 0 Å². The number of hydrogen-bond acceptors (Lipinski definition) is 3. The first-order chi connectivity index (χ1) is 6.74. The fourth-order valence-electron chi connectivity index (χ4n) is 1.57. The lowest BCUT2D eigenvalue weighted by molar-refractivity contribution is -0.141. The number of carbonyl (C=O) groups excluding carboxylic acids is 2. The molecule has 0 aromatic rings. The zero-order valence-electron chi connectivity index (χ0n) is 8.54. The van der Waals surface area contributed by atoms with Crippen molar-refractivity contribution in [2.45, 2.75) is 38.5 Å². The lowest BCUT2D eigenvalue weighted by Gasteiger charge is -2.10. The number of ether oxygens (including phenoxy) is 1. The van der Waals surface area contributed by atoms with Gasteiger partial charge in [-0.05, 0) is 31.3 Å². The smallest absolute Gasteiger partial charge is 0.305 e. The second-order valence-corrected chi connectivity index (χ2v) is 3.47. The molecule has 1 aliphatic rings. The molecule has 0 N–H and O–H groups in total. The summed E-state index contributed by atoms with van der Waals surface area (Å²) < 4.78 is 4.48. The first kappa shape index (κ1) is 11.0. The Hall–Kier alpha value is -1.12. The molecule has 0 spiro atoms. The fraction of sp³-hybridized carbons (Fsp3) is 0.636. The van der Waals surface area contributed by atoms with Crippen molar-refractivity contribution in [2.75, 3.05) is 7.11 Å². The van der Waals surface area contributed by atoms with Crippen molar-refractivity contribution in [2.24, 2.45) is 0 Å². The van der Waals surface area contributed by atoms with Crippen molar-refractivity contribution >= 4 is 11.8 Å². The molecule has 0 aromatic heterocycles. The van der Waals surface area contributed by atoms with Crippen molar-refractivity contribution in [1.82, 2.24) is 0 Å². The van der Waals surface area contributed by atoms with Crippen LogP contribution in [0.5, 0.6) is 0 Å². The quantitative estimate of drug-likeness (QED) is 0.646. The number of methoxy groups -OCH3 is 1. The molecule has 1 rings (SSSR count). The molecule has 1 aliphatic carbocycles. The monoisotopic (exact) mass is 196 g/mol. The maximum absolute atomic E-state index is 11.5. The maximum Gasteiger partial charge on any atom is 0.305 e. The van der Waals surface area contributed by atoms with Crippen LogP contribution < -0.4 is 0 Å². The topological polar surface area (TPSA) is 43.4 Å². The predicted octanol–water partition coefficient (Wildman–Crippen LogP) is 2.01. The van der Waals surface area contributed by atoms with E-state index in [2.05, 4.69) is 4.74 Å². The highest BCUT2D eigenvalue weighted by atomic mass is 16.5. The van der Waals surface area contributed by atoms with Gasteiger partial charge < -0.3 is 4.74 Å². The summed E-state index contributed by atoms with van der Waals surface area (Å²) in [5.41, 5.74) is 0.903. The Balaban J connectivity index is 2.34. The number of carbonyl (C=O) groups is 2. The van der Waals surface area contributed by atoms with Crippen LogP contribution in [0.4, 0.5) is 0 Å². The van der Waals surface area contributed by atoms with Crippen LogP contribution in [-0.2, 0) is 14.3 Å². The van der Waals surface area contributed by atoms with Gasteiger partial charge in [0.15, 0.2) is 5.78 Å². The molecule has 3 heteroatoms. The van der Waals surface area contributed by atoms with Crippen molar-refractivity contribution in [3.8, 4) is 0 Å². The number of hydrogen-bond donors (Lipinski definition) is 0. The zero-order chi connectivity index (χ0) is 10.4. The molecule has 0 aliphatic heterocycles. The minimum atomic E-state index is -0.310. The van der Waals surface area contributed by atoms with Crippen LogP contribution in [0, 0.1) is 0 Å². The van der Waals surface area contributed by atoms with E-state index in [0.717, 1.165) is 24.8 Å². The van der Waals surface area contributed by atoms with Gasteiger partial charge in [0.05, 0.1) is 13.5 Å². The van der Waals surface area contributed by atoms with Crippen LogP contribution in [0.3, 0.4) is 0 Å². The van der Waals surface area contributed by atoms with Gasteiger partial charge in [-0.1, -0.05) is 6.08 Å². The highest BCUT2D eigenvalue weighted by Crippen LogP contribution is 2.19. The first-order valence-electron chi connectivity index (χ1n) is 5.03. The molecular weight excluding hydrogens is 180 g/mol. The average Bonchev–Trinajstić information content (AvgIpc) is 2.26. The number of ketones is 1. The summed E-state index contributed by atoms with van der Waals surface area (Å²) in [5, 5.41) is 0. The summed E-state index contributed by atoms with van der Waals surface area (Å²) >= 11 is 0. The van der Waals surface area contributed by atoms with E-state index in [1.807, 2.05) is 6.08 Å². The lowest BCUT2D eigenvalue weighted by atomic mass is 9.94. The Labute approximate surface area is 84.1 Å². The summed E-state index contributed by atoms with van der Waals surface area (Å²) in [4.78, 5) is 22.3. The van der Waals surface area contributed by atoms with E-state index >= 15 is 0 Å². The Kier molecular flexibility index (Phi) is 4.36. The van der Waals surface area contributed by atoms with Crippen molar-refractivity contribution in [3.63, 3.8) is 0 Å². The van der Waals surface area contributed by atoms with E-state index < -0.39 is 0 Å². The van der Waals surface area contributed by atoms with Crippen molar-refractivity contribution in [1.29, 1.82) is 0 Å². The Morgan fingerprint density at radius 2 is 2.14 bits per heavy atom. The van der Waals surface area contributed by atoms with Crippen LogP contribution in [0.2, 0.25) is 0 Å². The van der Waals surface area contributed by atoms with E-state index in [-0.39, 0.29) is 18.2 Å². The fourth-order valence-corrected chi connectivity index (χ4v) is 1.57. The highest BCUT2D eigenvalue weighted by Gasteiger charge is 2.13. The van der Waals surface area contributed by atoms with E-state index in [4.69, 9.17) is 0 Å². The Morgan fingerprint density at radius 1 is 1.36 bits per heavy atom. The van der Waals surface area contributed by atoms with Crippen LogP contribution >= 0.6 is 0 Å². The van der Waals surface area contributed by atoms with E-state index in [9.17, 15) is 9.59 Å². The molecule has 78 valence electrons. The van der Waals surface area contributed by atoms with Gasteiger partial charge in [0.25, 0.3) is 0 Å². The molecule has 0 radical (unpaired) electrons. The minimum Gasteiger partial charge on any atom is -0.469 e. The SMILES string of the molecule is COC(=O)CCC(=O)C1=CCCCC1. The number of rotatable bonds is 4.